The van der Waals surface area contributed by atoms with Crippen molar-refractivity contribution in [3.63, 3.8) is 0 Å². The fourth-order valence-electron chi connectivity index (χ4n) is 9.55. The number of rotatable bonds is 6. The molecular formula is C52H38N4O4. The molecule has 0 atom stereocenters. The van der Waals surface area contributed by atoms with Gasteiger partial charge in [0.1, 0.15) is 17.3 Å². The number of phenols is 2. The number of hydrogen-bond donors (Lipinski definition) is 3. The number of carboxylic acid groups (broad SMARTS) is 1. The zero-order valence-corrected chi connectivity index (χ0v) is 32.5. The van der Waals surface area contributed by atoms with E-state index in [9.17, 15) is 20.1 Å². The third-order valence-electron chi connectivity index (χ3n) is 12.3. The van der Waals surface area contributed by atoms with Gasteiger partial charge in [0.05, 0.1) is 33.3 Å². The molecule has 3 N–H and O–H groups in total. The average Bonchev–Trinajstić information content (AvgIpc) is 3.67. The molecule has 0 spiro atoms. The summed E-state index contributed by atoms with van der Waals surface area (Å²) in [6.45, 7) is 0. The van der Waals surface area contributed by atoms with Gasteiger partial charge in [0, 0.05) is 50.8 Å². The van der Waals surface area contributed by atoms with Crippen LogP contribution in [0.15, 0.2) is 146 Å². The number of aromatic nitrogens is 4. The second kappa shape index (κ2) is 14.1. The fourth-order valence-corrected chi connectivity index (χ4v) is 9.55. The highest BCUT2D eigenvalue weighted by molar-refractivity contribution is 6.16. The zero-order valence-electron chi connectivity index (χ0n) is 32.5. The highest BCUT2D eigenvalue weighted by Gasteiger charge is 2.30. The smallest absolute Gasteiger partial charge is 0.337 e. The standard InChI is InChI=1S/C52H38N4O4/c57-44-24-19-30-9-4-6-14-37(30)47(44)39-29-43-50(46(49(39)52(59)60)34-17-21-40-32(27-34)11-8-26-53-40)55-51(56(43)36-12-2-1-3-13-36)35-18-22-41-33(28-35)16-23-42(54-41)48-38-15-7-5-10-31(38)20-25-45(48)58/h4-11,14-29,36,57-58H,1-3,12-13H2,(H,59,60). The van der Waals surface area contributed by atoms with Gasteiger partial charge >= 0.3 is 5.97 Å². The highest BCUT2D eigenvalue weighted by atomic mass is 16.4. The number of hydrogen-bond acceptors (Lipinski definition) is 6. The minimum Gasteiger partial charge on any atom is -0.507 e. The second-order valence-corrected chi connectivity index (χ2v) is 15.8. The Morgan fingerprint density at radius 1 is 0.583 bits per heavy atom. The SMILES string of the molecule is O=C(O)c1c(-c2c(O)ccc3ccccc23)cc2c(nc(-c3ccc4nc(-c5c(O)ccc6ccccc56)ccc4c3)n2C2CCCCC2)c1-c1ccc2ncccc2c1. The number of aromatic hydroxyl groups is 2. The number of pyridine rings is 2. The number of fused-ring (bicyclic) bond motifs is 5. The molecule has 8 nitrogen and oxygen atoms in total. The summed E-state index contributed by atoms with van der Waals surface area (Å²) in [5, 5.41) is 39.4. The van der Waals surface area contributed by atoms with Crippen molar-refractivity contribution in [2.24, 2.45) is 0 Å². The summed E-state index contributed by atoms with van der Waals surface area (Å²) in [6.07, 6.45) is 6.96. The van der Waals surface area contributed by atoms with E-state index in [2.05, 4.69) is 15.6 Å². The first kappa shape index (κ1) is 35.6. The van der Waals surface area contributed by atoms with Crippen LogP contribution in [0, 0.1) is 0 Å². The molecule has 0 aliphatic heterocycles. The van der Waals surface area contributed by atoms with Gasteiger partial charge in [0.15, 0.2) is 0 Å². The molecule has 10 aromatic rings. The van der Waals surface area contributed by atoms with Crippen LogP contribution in [0.5, 0.6) is 11.5 Å². The van der Waals surface area contributed by atoms with E-state index >= 15 is 0 Å². The van der Waals surface area contributed by atoms with E-state index in [4.69, 9.17) is 9.97 Å². The Bertz CT molecular complexity index is 3380. The van der Waals surface area contributed by atoms with Gasteiger partial charge in [-0.1, -0.05) is 98.1 Å². The predicted molar refractivity (Wildman–Crippen MR) is 240 cm³/mol. The number of nitrogens with zero attached hydrogens (tertiary/aromatic N) is 4. The predicted octanol–water partition coefficient (Wildman–Crippen LogP) is 12.7. The summed E-state index contributed by atoms with van der Waals surface area (Å²) in [6, 6.07) is 44.8. The Morgan fingerprint density at radius 2 is 1.22 bits per heavy atom. The van der Waals surface area contributed by atoms with Crippen LogP contribution in [0.25, 0.3) is 99.3 Å². The lowest BCUT2D eigenvalue weighted by Crippen LogP contribution is -2.14. The van der Waals surface area contributed by atoms with Crippen LogP contribution in [0.1, 0.15) is 48.5 Å². The molecule has 11 rings (SSSR count). The van der Waals surface area contributed by atoms with E-state index in [1.165, 1.54) is 0 Å². The Balaban J connectivity index is 1.19. The minimum atomic E-state index is -1.11. The first-order valence-electron chi connectivity index (χ1n) is 20.4. The number of aromatic carboxylic acids is 1. The van der Waals surface area contributed by atoms with Gasteiger partial charge in [0.2, 0.25) is 0 Å². The molecule has 8 heteroatoms. The summed E-state index contributed by atoms with van der Waals surface area (Å²) in [4.78, 5) is 28.9. The number of carboxylic acids is 1. The molecule has 0 bridgehead atoms. The van der Waals surface area contributed by atoms with E-state index < -0.39 is 5.97 Å². The number of benzene rings is 7. The first-order chi connectivity index (χ1) is 29.4. The fraction of sp³-hybridized carbons (Fsp3) is 0.115. The Kier molecular flexibility index (Phi) is 8.34. The summed E-state index contributed by atoms with van der Waals surface area (Å²) in [5.41, 5.74) is 7.39. The van der Waals surface area contributed by atoms with Crippen molar-refractivity contribution in [3.05, 3.63) is 151 Å². The largest absolute Gasteiger partial charge is 0.507 e. The van der Waals surface area contributed by atoms with Crippen molar-refractivity contribution in [2.45, 2.75) is 38.1 Å². The van der Waals surface area contributed by atoms with Crippen molar-refractivity contribution in [1.82, 2.24) is 19.5 Å². The van der Waals surface area contributed by atoms with E-state index in [1.807, 2.05) is 121 Å². The second-order valence-electron chi connectivity index (χ2n) is 15.8. The van der Waals surface area contributed by atoms with Crippen molar-refractivity contribution in [2.75, 3.05) is 0 Å². The van der Waals surface area contributed by atoms with E-state index in [1.54, 1.807) is 18.3 Å². The lowest BCUT2D eigenvalue weighted by Gasteiger charge is -2.26. The molecule has 0 unspecified atom stereocenters. The van der Waals surface area contributed by atoms with Gasteiger partial charge in [-0.25, -0.2) is 14.8 Å². The minimum absolute atomic E-state index is 0.00591. The van der Waals surface area contributed by atoms with Gasteiger partial charge in [-0.05, 0) is 101 Å². The number of carbonyl (C=O) groups is 1. The molecule has 3 heterocycles. The van der Waals surface area contributed by atoms with E-state index in [0.717, 1.165) is 92.4 Å². The van der Waals surface area contributed by atoms with Crippen LogP contribution < -0.4 is 0 Å². The maximum Gasteiger partial charge on any atom is 0.337 e. The van der Waals surface area contributed by atoms with Crippen molar-refractivity contribution in [1.29, 1.82) is 0 Å². The molecule has 290 valence electrons. The zero-order chi connectivity index (χ0) is 40.5. The average molecular weight is 783 g/mol. The Morgan fingerprint density at radius 3 is 1.98 bits per heavy atom. The number of phenolic OH excluding ortho intramolecular Hbond substituents is 2. The Labute approximate surface area is 344 Å². The molecule has 3 aromatic heterocycles. The monoisotopic (exact) mass is 782 g/mol. The molecule has 60 heavy (non-hydrogen) atoms. The summed E-state index contributed by atoms with van der Waals surface area (Å²) in [5.74, 6) is -0.187. The van der Waals surface area contributed by atoms with Gasteiger partial charge < -0.3 is 19.9 Å². The van der Waals surface area contributed by atoms with Crippen LogP contribution in [-0.4, -0.2) is 40.8 Å². The Hall–Kier alpha value is -7.58. The van der Waals surface area contributed by atoms with Gasteiger partial charge in [0.25, 0.3) is 0 Å². The summed E-state index contributed by atoms with van der Waals surface area (Å²) >= 11 is 0. The third kappa shape index (κ3) is 5.74. The van der Waals surface area contributed by atoms with Gasteiger partial charge in [-0.3, -0.25) is 4.98 Å². The van der Waals surface area contributed by atoms with Crippen LogP contribution in [-0.2, 0) is 0 Å². The van der Waals surface area contributed by atoms with Crippen LogP contribution >= 0.6 is 0 Å². The quantitative estimate of drug-likeness (QED) is 0.153. The molecule has 1 aliphatic rings. The molecule has 0 amide bonds. The number of imidazole rings is 1. The van der Waals surface area contributed by atoms with Crippen molar-refractivity contribution >= 4 is 60.4 Å². The van der Waals surface area contributed by atoms with Crippen molar-refractivity contribution in [3.8, 4) is 56.4 Å². The maximum absolute atomic E-state index is 13.8. The molecule has 0 saturated heterocycles. The van der Waals surface area contributed by atoms with Crippen molar-refractivity contribution < 1.29 is 20.1 Å². The normalized spacial score (nSPS) is 13.5. The topological polar surface area (TPSA) is 121 Å². The molecule has 0 radical (unpaired) electrons. The molecule has 1 aliphatic carbocycles. The maximum atomic E-state index is 13.8. The van der Waals surface area contributed by atoms with Crippen LogP contribution in [0.2, 0.25) is 0 Å². The highest BCUT2D eigenvalue weighted by Crippen LogP contribution is 2.47. The van der Waals surface area contributed by atoms with Gasteiger partial charge in [-0.2, -0.15) is 0 Å². The molecular weight excluding hydrogens is 745 g/mol. The summed E-state index contributed by atoms with van der Waals surface area (Å²) < 4.78 is 2.33. The van der Waals surface area contributed by atoms with E-state index in [-0.39, 0.29) is 23.1 Å². The van der Waals surface area contributed by atoms with Crippen LogP contribution in [0.4, 0.5) is 0 Å². The first-order valence-corrected chi connectivity index (χ1v) is 20.4. The van der Waals surface area contributed by atoms with E-state index in [0.29, 0.717) is 39.0 Å². The molecule has 1 saturated carbocycles. The lowest BCUT2D eigenvalue weighted by atomic mass is 9.87. The molecule has 7 aromatic carbocycles. The third-order valence-corrected chi connectivity index (χ3v) is 12.3. The summed E-state index contributed by atoms with van der Waals surface area (Å²) in [7, 11) is 0. The lowest BCUT2D eigenvalue weighted by molar-refractivity contribution is 0.0698. The molecule has 1 fully saturated rings. The van der Waals surface area contributed by atoms with Crippen LogP contribution in [0.3, 0.4) is 0 Å². The van der Waals surface area contributed by atoms with Gasteiger partial charge in [-0.15, -0.1) is 0 Å².